The number of nitrogens with two attached hydrogens (primary N) is 1. The number of furan rings is 1. The molecule has 0 spiro atoms. The number of esters is 1. The molecular formula is C28H34N4O5. The van der Waals surface area contributed by atoms with E-state index in [9.17, 15) is 14.4 Å². The maximum absolute atomic E-state index is 13.9. The van der Waals surface area contributed by atoms with E-state index in [4.69, 9.17) is 14.9 Å². The zero-order valence-electron chi connectivity index (χ0n) is 21.1. The number of anilines is 1. The van der Waals surface area contributed by atoms with Gasteiger partial charge in [0.1, 0.15) is 12.3 Å². The Morgan fingerprint density at radius 1 is 1.00 bits per heavy atom. The summed E-state index contributed by atoms with van der Waals surface area (Å²) in [6.07, 6.45) is 8.52. The number of piperazine rings is 1. The summed E-state index contributed by atoms with van der Waals surface area (Å²) in [6.45, 7) is 2.04. The summed E-state index contributed by atoms with van der Waals surface area (Å²) in [5, 5.41) is 0.820. The predicted octanol–water partition coefficient (Wildman–Crippen LogP) is 3.60. The maximum Gasteiger partial charge on any atom is 0.347 e. The van der Waals surface area contributed by atoms with Gasteiger partial charge in [0.05, 0.1) is 17.5 Å². The Morgan fingerprint density at radius 2 is 1.76 bits per heavy atom. The number of hydrogen-bond acceptors (Lipinski definition) is 7. The second kappa shape index (κ2) is 11.2. The Morgan fingerprint density at radius 3 is 2.46 bits per heavy atom. The highest BCUT2D eigenvalue weighted by Gasteiger charge is 2.31. The summed E-state index contributed by atoms with van der Waals surface area (Å²) < 4.78 is 12.2. The van der Waals surface area contributed by atoms with E-state index in [1.54, 1.807) is 21.6 Å². The van der Waals surface area contributed by atoms with E-state index in [1.165, 1.54) is 38.4 Å². The zero-order valence-corrected chi connectivity index (χ0v) is 21.1. The monoisotopic (exact) mass is 506 g/mol. The molecule has 196 valence electrons. The average Bonchev–Trinajstić information content (AvgIpc) is 3.47. The summed E-state index contributed by atoms with van der Waals surface area (Å²) in [5.41, 5.74) is 6.55. The second-order valence-corrected chi connectivity index (χ2v) is 9.85. The molecule has 2 fully saturated rings. The van der Waals surface area contributed by atoms with Crippen molar-refractivity contribution in [2.75, 3.05) is 37.8 Å². The highest BCUT2D eigenvalue weighted by Crippen LogP contribution is 2.32. The van der Waals surface area contributed by atoms with Gasteiger partial charge in [0, 0.05) is 38.1 Å². The molecule has 0 unspecified atom stereocenters. The summed E-state index contributed by atoms with van der Waals surface area (Å²) in [5.74, 6) is 0.00847. The van der Waals surface area contributed by atoms with E-state index in [-0.39, 0.29) is 23.8 Å². The molecule has 0 radical (unpaired) electrons. The summed E-state index contributed by atoms with van der Waals surface area (Å²) in [6, 6.07) is 11.1. The number of pyridine rings is 1. The number of benzene rings is 1. The van der Waals surface area contributed by atoms with Gasteiger partial charge in [-0.05, 0) is 30.5 Å². The number of aromatic nitrogens is 1. The van der Waals surface area contributed by atoms with Gasteiger partial charge >= 0.3 is 5.97 Å². The van der Waals surface area contributed by atoms with E-state index < -0.39 is 5.97 Å². The number of aryl methyl sites for hydroxylation is 1. The van der Waals surface area contributed by atoms with Crippen LogP contribution in [0.3, 0.4) is 0 Å². The van der Waals surface area contributed by atoms with Crippen LogP contribution in [0.1, 0.15) is 59.4 Å². The summed E-state index contributed by atoms with van der Waals surface area (Å²) >= 11 is 0. The molecule has 37 heavy (non-hydrogen) atoms. The largest absolute Gasteiger partial charge is 0.459 e. The average molecular weight is 507 g/mol. The number of para-hydroxylation sites is 1. The van der Waals surface area contributed by atoms with Gasteiger partial charge in [0.15, 0.2) is 5.76 Å². The highest BCUT2D eigenvalue weighted by molar-refractivity contribution is 6.05. The van der Waals surface area contributed by atoms with Crippen LogP contribution < -0.4 is 16.2 Å². The highest BCUT2D eigenvalue weighted by atomic mass is 16.5. The molecule has 3 heterocycles. The molecule has 9 nitrogen and oxygen atoms in total. The van der Waals surface area contributed by atoms with Gasteiger partial charge in [-0.25, -0.2) is 4.79 Å². The molecule has 1 aliphatic heterocycles. The Labute approximate surface area is 215 Å². The van der Waals surface area contributed by atoms with E-state index in [1.807, 2.05) is 29.2 Å². The lowest BCUT2D eigenvalue weighted by atomic mass is 9.87. The van der Waals surface area contributed by atoms with Gasteiger partial charge in [-0.3, -0.25) is 15.3 Å². The molecular weight excluding hydrogens is 472 g/mol. The molecule has 0 bridgehead atoms. The molecule has 1 aromatic carbocycles. The molecule has 2 aromatic heterocycles. The van der Waals surface area contributed by atoms with Crippen LogP contribution in [-0.4, -0.2) is 54.3 Å². The first-order chi connectivity index (χ1) is 18.1. The standard InChI is InChI=1S/C28H34N4O5/c29-19-37-28(35)24-25(30-14-16-31(17-15-30)26(33)23-11-6-18-36-23)21-9-4-5-10-22(21)32(27(24)34)13-12-20-7-2-1-3-8-20/h4-6,9-11,18,20H,1-3,7-8,12-17,19,29H2. The topological polar surface area (TPSA) is 111 Å². The maximum atomic E-state index is 13.9. The third-order valence-corrected chi connectivity index (χ3v) is 7.67. The van der Waals surface area contributed by atoms with Gasteiger partial charge < -0.3 is 23.5 Å². The Hall–Kier alpha value is -3.59. The van der Waals surface area contributed by atoms with Crippen molar-refractivity contribution in [3.8, 4) is 0 Å². The van der Waals surface area contributed by atoms with Crippen LogP contribution in [-0.2, 0) is 11.3 Å². The quantitative estimate of drug-likeness (QED) is 0.385. The molecule has 1 aliphatic carbocycles. The van der Waals surface area contributed by atoms with Crippen molar-refractivity contribution in [3.05, 3.63) is 64.3 Å². The first kappa shape index (κ1) is 25.1. The minimum absolute atomic E-state index is 0.0126. The van der Waals surface area contributed by atoms with Crippen LogP contribution in [0.15, 0.2) is 51.9 Å². The Bertz CT molecular complexity index is 1300. The molecule has 3 aromatic rings. The van der Waals surface area contributed by atoms with Crippen LogP contribution in [0.4, 0.5) is 5.69 Å². The van der Waals surface area contributed by atoms with Crippen molar-refractivity contribution >= 4 is 28.5 Å². The first-order valence-corrected chi connectivity index (χ1v) is 13.2. The molecule has 0 atom stereocenters. The van der Waals surface area contributed by atoms with Crippen LogP contribution in [0, 0.1) is 5.92 Å². The van der Waals surface area contributed by atoms with E-state index in [2.05, 4.69) is 0 Å². The molecule has 9 heteroatoms. The fourth-order valence-electron chi connectivity index (χ4n) is 5.75. The Kier molecular flexibility index (Phi) is 7.60. The minimum atomic E-state index is -0.714. The van der Waals surface area contributed by atoms with Gasteiger partial charge in [0.25, 0.3) is 11.5 Å². The van der Waals surface area contributed by atoms with Crippen LogP contribution in [0.5, 0.6) is 0 Å². The molecule has 5 rings (SSSR count). The van der Waals surface area contributed by atoms with Gasteiger partial charge in [-0.2, -0.15) is 0 Å². The molecule has 1 saturated heterocycles. The van der Waals surface area contributed by atoms with Crippen LogP contribution in [0.25, 0.3) is 10.9 Å². The van der Waals surface area contributed by atoms with Crippen molar-refractivity contribution in [2.24, 2.45) is 11.7 Å². The van der Waals surface area contributed by atoms with Crippen molar-refractivity contribution in [1.82, 2.24) is 9.47 Å². The lowest BCUT2D eigenvalue weighted by Gasteiger charge is -2.37. The fraction of sp³-hybridized carbons (Fsp3) is 0.464. The van der Waals surface area contributed by atoms with E-state index >= 15 is 0 Å². The summed E-state index contributed by atoms with van der Waals surface area (Å²) in [4.78, 5) is 43.5. The van der Waals surface area contributed by atoms with Gasteiger partial charge in [0.2, 0.25) is 0 Å². The molecule has 2 N–H and O–H groups in total. The number of hydrogen-bond donors (Lipinski definition) is 1. The molecule has 2 aliphatic rings. The third kappa shape index (κ3) is 5.13. The number of amides is 1. The van der Waals surface area contributed by atoms with Gasteiger partial charge in [-0.1, -0.05) is 50.3 Å². The first-order valence-electron chi connectivity index (χ1n) is 13.2. The number of nitrogens with zero attached hydrogens (tertiary/aromatic N) is 3. The number of carbonyl (C=O) groups excluding carboxylic acids is 2. The molecule has 1 saturated carbocycles. The second-order valence-electron chi connectivity index (χ2n) is 9.85. The van der Waals surface area contributed by atoms with Crippen LogP contribution in [0.2, 0.25) is 0 Å². The summed E-state index contributed by atoms with van der Waals surface area (Å²) in [7, 11) is 0. The lowest BCUT2D eigenvalue weighted by Crippen LogP contribution is -2.49. The zero-order chi connectivity index (χ0) is 25.8. The van der Waals surface area contributed by atoms with Crippen LogP contribution >= 0.6 is 0 Å². The fourth-order valence-corrected chi connectivity index (χ4v) is 5.75. The number of rotatable bonds is 7. The van der Waals surface area contributed by atoms with E-state index in [0.29, 0.717) is 50.1 Å². The predicted molar refractivity (Wildman–Crippen MR) is 141 cm³/mol. The smallest absolute Gasteiger partial charge is 0.347 e. The van der Waals surface area contributed by atoms with Crippen molar-refractivity contribution < 1.29 is 18.7 Å². The number of carbonyl (C=O) groups is 2. The van der Waals surface area contributed by atoms with Gasteiger partial charge in [-0.15, -0.1) is 0 Å². The number of ether oxygens (including phenoxy) is 1. The Balaban J connectivity index is 1.49. The SMILES string of the molecule is NCOC(=O)c1c(N2CCN(C(=O)c3ccco3)CC2)c2ccccc2n(CCC2CCCCC2)c1=O. The normalized spacial score (nSPS) is 16.8. The lowest BCUT2D eigenvalue weighted by molar-refractivity contribution is 0.0512. The van der Waals surface area contributed by atoms with E-state index in [0.717, 1.165) is 17.3 Å². The van der Waals surface area contributed by atoms with Crippen molar-refractivity contribution in [2.45, 2.75) is 45.1 Å². The minimum Gasteiger partial charge on any atom is -0.459 e. The van der Waals surface area contributed by atoms with Crippen molar-refractivity contribution in [3.63, 3.8) is 0 Å². The third-order valence-electron chi connectivity index (χ3n) is 7.67. The molecule has 1 amide bonds. The van der Waals surface area contributed by atoms with Crippen molar-refractivity contribution in [1.29, 1.82) is 0 Å². The number of fused-ring (bicyclic) bond motifs is 1.